The molecule has 1 aliphatic carbocycles. The van der Waals surface area contributed by atoms with Crippen molar-refractivity contribution in [1.82, 2.24) is 5.32 Å². The van der Waals surface area contributed by atoms with Gasteiger partial charge in [-0.25, -0.2) is 8.78 Å². The van der Waals surface area contributed by atoms with Gasteiger partial charge < -0.3 is 5.32 Å². The van der Waals surface area contributed by atoms with E-state index in [0.29, 0.717) is 18.0 Å². The third kappa shape index (κ3) is 3.25. The van der Waals surface area contributed by atoms with E-state index in [-0.39, 0.29) is 0 Å². The van der Waals surface area contributed by atoms with Gasteiger partial charge in [0.1, 0.15) is 11.6 Å². The molecule has 0 aliphatic heterocycles. The highest BCUT2D eigenvalue weighted by Crippen LogP contribution is 2.31. The Labute approximate surface area is 101 Å². The lowest BCUT2D eigenvalue weighted by molar-refractivity contribution is 0.263. The summed E-state index contributed by atoms with van der Waals surface area (Å²) >= 11 is 0. The van der Waals surface area contributed by atoms with E-state index in [9.17, 15) is 8.78 Å². The van der Waals surface area contributed by atoms with E-state index >= 15 is 0 Å². The first-order valence-electron chi connectivity index (χ1n) is 6.30. The molecule has 0 radical (unpaired) electrons. The molecular weight excluding hydrogens is 220 g/mol. The average Bonchev–Trinajstić information content (AvgIpc) is 2.24. The third-order valence-electron chi connectivity index (χ3n) is 3.73. The van der Waals surface area contributed by atoms with Crippen LogP contribution in [-0.2, 0) is 6.42 Å². The molecule has 0 bridgehead atoms. The second-order valence-electron chi connectivity index (χ2n) is 4.96. The maximum Gasteiger partial charge on any atom is 0.129 e. The number of benzene rings is 1. The predicted octanol–water partition coefficient (Wildman–Crippen LogP) is 3.29. The van der Waals surface area contributed by atoms with Crippen LogP contribution in [0.4, 0.5) is 8.78 Å². The molecule has 1 fully saturated rings. The third-order valence-corrected chi connectivity index (χ3v) is 3.73. The Morgan fingerprint density at radius 2 is 2.12 bits per heavy atom. The van der Waals surface area contributed by atoms with Crippen LogP contribution in [-0.4, -0.2) is 13.1 Å². The average molecular weight is 239 g/mol. The van der Waals surface area contributed by atoms with Crippen molar-refractivity contribution in [3.8, 4) is 0 Å². The number of halogens is 2. The lowest BCUT2D eigenvalue weighted by atomic mass is 9.80. The van der Waals surface area contributed by atoms with E-state index in [1.165, 1.54) is 25.3 Å². The molecule has 0 saturated heterocycles. The van der Waals surface area contributed by atoms with Crippen molar-refractivity contribution in [2.75, 3.05) is 7.05 Å². The van der Waals surface area contributed by atoms with Crippen LogP contribution >= 0.6 is 0 Å². The summed E-state index contributed by atoms with van der Waals surface area (Å²) in [6, 6.07) is 4.13. The van der Waals surface area contributed by atoms with Gasteiger partial charge in [0.15, 0.2) is 0 Å². The highest BCUT2D eigenvalue weighted by atomic mass is 19.1. The zero-order chi connectivity index (χ0) is 12.3. The fourth-order valence-electron chi connectivity index (χ4n) is 2.39. The number of nitrogens with one attached hydrogen (secondary N) is 1. The molecule has 0 heterocycles. The van der Waals surface area contributed by atoms with Gasteiger partial charge in [-0.1, -0.05) is 25.3 Å². The van der Waals surface area contributed by atoms with E-state index in [1.807, 2.05) is 7.05 Å². The molecule has 2 rings (SSSR count). The molecule has 3 heteroatoms. The van der Waals surface area contributed by atoms with Gasteiger partial charge in [-0.15, -0.1) is 0 Å². The normalized spacial score (nSPS) is 17.8. The van der Waals surface area contributed by atoms with Crippen molar-refractivity contribution in [3.63, 3.8) is 0 Å². The fourth-order valence-corrected chi connectivity index (χ4v) is 2.39. The van der Waals surface area contributed by atoms with Crippen LogP contribution in [0.1, 0.15) is 31.2 Å². The molecule has 1 aromatic carbocycles. The van der Waals surface area contributed by atoms with Crippen LogP contribution in [0, 0.1) is 17.6 Å². The molecule has 1 N–H and O–H groups in total. The Morgan fingerprint density at radius 1 is 1.35 bits per heavy atom. The van der Waals surface area contributed by atoms with Gasteiger partial charge in [0, 0.05) is 12.1 Å². The van der Waals surface area contributed by atoms with Crippen LogP contribution in [0.5, 0.6) is 0 Å². The van der Waals surface area contributed by atoms with Gasteiger partial charge in [0.25, 0.3) is 0 Å². The Kier molecular flexibility index (Phi) is 4.11. The van der Waals surface area contributed by atoms with Crippen molar-refractivity contribution in [2.45, 2.75) is 38.1 Å². The Balaban J connectivity index is 1.96. The Morgan fingerprint density at radius 3 is 2.65 bits per heavy atom. The first kappa shape index (κ1) is 12.5. The van der Waals surface area contributed by atoms with Gasteiger partial charge in [-0.2, -0.15) is 0 Å². The van der Waals surface area contributed by atoms with E-state index in [4.69, 9.17) is 0 Å². The molecule has 0 aromatic heterocycles. The summed E-state index contributed by atoms with van der Waals surface area (Å²) in [6.45, 7) is 0. The van der Waals surface area contributed by atoms with Gasteiger partial charge in [-0.3, -0.25) is 0 Å². The molecule has 0 amide bonds. The Bertz CT molecular complexity index is 374. The van der Waals surface area contributed by atoms with Gasteiger partial charge >= 0.3 is 0 Å². The molecule has 1 atom stereocenters. The number of hydrogen-bond donors (Lipinski definition) is 1. The first-order valence-corrected chi connectivity index (χ1v) is 6.30. The van der Waals surface area contributed by atoms with E-state index in [1.54, 1.807) is 6.07 Å². The summed E-state index contributed by atoms with van der Waals surface area (Å²) in [5.41, 5.74) is 0.602. The summed E-state index contributed by atoms with van der Waals surface area (Å²) in [4.78, 5) is 0. The van der Waals surface area contributed by atoms with E-state index in [2.05, 4.69) is 5.32 Å². The SMILES string of the molecule is CNC(Cc1ccc(F)cc1F)CC1CCC1. The lowest BCUT2D eigenvalue weighted by Crippen LogP contribution is -2.32. The zero-order valence-electron chi connectivity index (χ0n) is 10.2. The predicted molar refractivity (Wildman–Crippen MR) is 64.9 cm³/mol. The highest BCUT2D eigenvalue weighted by molar-refractivity contribution is 5.19. The monoisotopic (exact) mass is 239 g/mol. The summed E-state index contributed by atoms with van der Waals surface area (Å²) in [6.07, 6.45) is 5.65. The van der Waals surface area contributed by atoms with Crippen molar-refractivity contribution in [3.05, 3.63) is 35.4 Å². The zero-order valence-corrected chi connectivity index (χ0v) is 10.2. The van der Waals surface area contributed by atoms with Crippen molar-refractivity contribution in [2.24, 2.45) is 5.92 Å². The molecule has 1 aliphatic rings. The number of likely N-dealkylation sites (N-methyl/N-ethyl adjacent to an activating group) is 1. The van der Waals surface area contributed by atoms with Gasteiger partial charge in [-0.05, 0) is 37.4 Å². The summed E-state index contributed by atoms with van der Waals surface area (Å²) < 4.78 is 26.3. The number of hydrogen-bond acceptors (Lipinski definition) is 1. The molecule has 17 heavy (non-hydrogen) atoms. The van der Waals surface area contributed by atoms with Crippen molar-refractivity contribution < 1.29 is 8.78 Å². The van der Waals surface area contributed by atoms with Crippen LogP contribution in [0.3, 0.4) is 0 Å². The summed E-state index contributed by atoms with van der Waals surface area (Å²) in [5.74, 6) is -0.152. The molecule has 1 unspecified atom stereocenters. The first-order chi connectivity index (χ1) is 8.19. The smallest absolute Gasteiger partial charge is 0.129 e. The van der Waals surface area contributed by atoms with Crippen LogP contribution in [0.25, 0.3) is 0 Å². The summed E-state index contributed by atoms with van der Waals surface area (Å²) in [5, 5.41) is 3.23. The highest BCUT2D eigenvalue weighted by Gasteiger charge is 2.22. The summed E-state index contributed by atoms with van der Waals surface area (Å²) in [7, 11) is 1.91. The van der Waals surface area contributed by atoms with Crippen molar-refractivity contribution in [1.29, 1.82) is 0 Å². The second-order valence-corrected chi connectivity index (χ2v) is 4.96. The van der Waals surface area contributed by atoms with Crippen LogP contribution in [0.2, 0.25) is 0 Å². The standard InChI is InChI=1S/C14H19F2N/c1-17-13(7-10-3-2-4-10)8-11-5-6-12(15)9-14(11)16/h5-6,9-10,13,17H,2-4,7-8H2,1H3. The van der Waals surface area contributed by atoms with Crippen LogP contribution < -0.4 is 5.32 Å². The molecule has 1 aromatic rings. The van der Waals surface area contributed by atoms with Crippen molar-refractivity contribution >= 4 is 0 Å². The molecule has 1 saturated carbocycles. The quantitative estimate of drug-likeness (QED) is 0.831. The van der Waals surface area contributed by atoms with E-state index < -0.39 is 11.6 Å². The molecule has 0 spiro atoms. The topological polar surface area (TPSA) is 12.0 Å². The minimum absolute atomic E-state index is 0.292. The minimum atomic E-state index is -0.508. The molecule has 1 nitrogen and oxygen atoms in total. The largest absolute Gasteiger partial charge is 0.317 e. The van der Waals surface area contributed by atoms with Gasteiger partial charge in [0.2, 0.25) is 0 Å². The maximum absolute atomic E-state index is 13.5. The minimum Gasteiger partial charge on any atom is -0.317 e. The Hall–Kier alpha value is -0.960. The fraction of sp³-hybridized carbons (Fsp3) is 0.571. The van der Waals surface area contributed by atoms with Crippen LogP contribution in [0.15, 0.2) is 18.2 Å². The second kappa shape index (κ2) is 5.58. The molecule has 94 valence electrons. The maximum atomic E-state index is 13.5. The lowest BCUT2D eigenvalue weighted by Gasteiger charge is -2.29. The van der Waals surface area contributed by atoms with Gasteiger partial charge in [0.05, 0.1) is 0 Å². The van der Waals surface area contributed by atoms with E-state index in [0.717, 1.165) is 18.4 Å². The molecular formula is C14H19F2N. The number of rotatable bonds is 5.